The summed E-state index contributed by atoms with van der Waals surface area (Å²) in [4.78, 5) is 13.5. The second kappa shape index (κ2) is 9.81. The quantitative estimate of drug-likeness (QED) is 0.230. The molecule has 0 aliphatic carbocycles. The van der Waals surface area contributed by atoms with Crippen molar-refractivity contribution in [3.05, 3.63) is 125 Å². The van der Waals surface area contributed by atoms with Crippen LogP contribution in [-0.4, -0.2) is 13.1 Å². The van der Waals surface area contributed by atoms with Crippen LogP contribution in [0.3, 0.4) is 0 Å². The molecule has 5 rings (SSSR count). The van der Waals surface area contributed by atoms with Crippen LogP contribution in [-0.2, 0) is 9.53 Å². The highest BCUT2D eigenvalue weighted by Gasteiger charge is 2.27. The topological polar surface area (TPSA) is 35.5 Å². The summed E-state index contributed by atoms with van der Waals surface area (Å²) in [7, 11) is 1.57. The summed E-state index contributed by atoms with van der Waals surface area (Å²) in [6.07, 6.45) is -0.573. The number of halogens is 1. The molecular weight excluding hydrogens is 456 g/mol. The third kappa shape index (κ3) is 4.48. The van der Waals surface area contributed by atoms with Gasteiger partial charge in [0.15, 0.2) is 6.10 Å². The van der Waals surface area contributed by atoms with Crippen molar-refractivity contribution >= 4 is 39.1 Å². The zero-order chi connectivity index (χ0) is 24.4. The first-order chi connectivity index (χ1) is 17.1. The van der Waals surface area contributed by atoms with Crippen molar-refractivity contribution in [2.75, 3.05) is 7.11 Å². The van der Waals surface area contributed by atoms with E-state index in [2.05, 4.69) is 36.4 Å². The number of fused-ring (bicyclic) bond motifs is 2. The molecule has 3 nitrogen and oxygen atoms in total. The van der Waals surface area contributed by atoms with Gasteiger partial charge in [0, 0.05) is 11.1 Å². The van der Waals surface area contributed by atoms with Crippen LogP contribution in [0.25, 0.3) is 21.5 Å². The molecule has 1 atom stereocenters. The van der Waals surface area contributed by atoms with Gasteiger partial charge in [0.2, 0.25) is 0 Å². The summed E-state index contributed by atoms with van der Waals surface area (Å²) in [6.45, 7) is 1.84. The molecule has 0 unspecified atom stereocenters. The van der Waals surface area contributed by atoms with Crippen LogP contribution < -0.4 is 4.74 Å². The molecule has 0 radical (unpaired) electrons. The molecule has 0 saturated carbocycles. The lowest BCUT2D eigenvalue weighted by Crippen LogP contribution is -2.18. The molecule has 0 aromatic heterocycles. The predicted octanol–water partition coefficient (Wildman–Crippen LogP) is 8.09. The molecule has 5 aromatic carbocycles. The van der Waals surface area contributed by atoms with Crippen molar-refractivity contribution in [1.29, 1.82) is 0 Å². The van der Waals surface area contributed by atoms with Crippen molar-refractivity contribution in [3.63, 3.8) is 0 Å². The Hall–Kier alpha value is -3.82. The molecule has 0 aliphatic rings. The maximum Gasteiger partial charge on any atom is 0.314 e. The highest BCUT2D eigenvalue weighted by atomic mass is 35.5. The Labute approximate surface area is 209 Å². The van der Waals surface area contributed by atoms with E-state index in [0.29, 0.717) is 10.8 Å². The van der Waals surface area contributed by atoms with E-state index >= 15 is 0 Å². The third-order valence-electron chi connectivity index (χ3n) is 6.48. The Kier molecular flexibility index (Phi) is 6.43. The SMILES string of the molecule is COc1ccc([C@@H](C)C(=O)OC(c2cccc3ccccc23)c2cccc3ccccc23)cc1Cl. The molecule has 4 heteroatoms. The van der Waals surface area contributed by atoms with E-state index in [1.165, 1.54) is 0 Å². The number of esters is 1. The summed E-state index contributed by atoms with van der Waals surface area (Å²) in [5.41, 5.74) is 2.68. The fourth-order valence-corrected chi connectivity index (χ4v) is 4.83. The number of rotatable bonds is 6. The molecule has 0 saturated heterocycles. The fourth-order valence-electron chi connectivity index (χ4n) is 4.56. The molecule has 0 bridgehead atoms. The smallest absolute Gasteiger partial charge is 0.314 e. The molecule has 0 heterocycles. The molecule has 0 fully saturated rings. The Morgan fingerprint density at radius 2 is 1.29 bits per heavy atom. The Bertz CT molecular complexity index is 1440. The summed E-state index contributed by atoms with van der Waals surface area (Å²) >= 11 is 6.33. The number of hydrogen-bond acceptors (Lipinski definition) is 3. The van der Waals surface area contributed by atoms with Gasteiger partial charge in [0.1, 0.15) is 5.75 Å². The van der Waals surface area contributed by atoms with Gasteiger partial charge in [0.25, 0.3) is 0 Å². The molecule has 5 aromatic rings. The summed E-state index contributed by atoms with van der Waals surface area (Å²) in [6, 6.07) is 34.0. The van der Waals surface area contributed by atoms with Gasteiger partial charge in [-0.2, -0.15) is 0 Å². The van der Waals surface area contributed by atoms with Crippen LogP contribution in [0.5, 0.6) is 5.75 Å². The fraction of sp³-hybridized carbons (Fsp3) is 0.129. The van der Waals surface area contributed by atoms with Crippen LogP contribution in [0.1, 0.15) is 35.6 Å². The van der Waals surface area contributed by atoms with Crippen LogP contribution in [0.2, 0.25) is 5.02 Å². The Morgan fingerprint density at radius 3 is 1.83 bits per heavy atom. The maximum atomic E-state index is 13.5. The van der Waals surface area contributed by atoms with E-state index in [1.807, 2.05) is 61.5 Å². The van der Waals surface area contributed by atoms with Crippen molar-refractivity contribution in [3.8, 4) is 5.75 Å². The van der Waals surface area contributed by atoms with E-state index in [1.54, 1.807) is 19.2 Å². The molecule has 0 N–H and O–H groups in total. The van der Waals surface area contributed by atoms with E-state index in [4.69, 9.17) is 21.1 Å². The molecule has 0 aliphatic heterocycles. The van der Waals surface area contributed by atoms with Crippen molar-refractivity contribution in [2.24, 2.45) is 0 Å². The van der Waals surface area contributed by atoms with Gasteiger partial charge in [-0.1, -0.05) is 103 Å². The number of carbonyl (C=O) groups is 1. The van der Waals surface area contributed by atoms with E-state index in [9.17, 15) is 4.79 Å². The number of methoxy groups -OCH3 is 1. The number of hydrogen-bond donors (Lipinski definition) is 0. The first-order valence-electron chi connectivity index (χ1n) is 11.6. The van der Waals surface area contributed by atoms with Crippen LogP contribution >= 0.6 is 11.6 Å². The lowest BCUT2D eigenvalue weighted by Gasteiger charge is -2.24. The van der Waals surface area contributed by atoms with E-state index in [0.717, 1.165) is 38.2 Å². The second-order valence-corrected chi connectivity index (χ2v) is 8.98. The maximum absolute atomic E-state index is 13.5. The standard InChI is InChI=1S/C31H25ClO3/c1-20(23-17-18-29(34-2)28(32)19-23)31(33)35-30(26-15-7-11-21-9-3-5-13-24(21)26)27-16-8-12-22-10-4-6-14-25(22)27/h3-20,30H,1-2H3/t20-/m1/s1. The lowest BCUT2D eigenvalue weighted by molar-refractivity contribution is -0.148. The van der Waals surface area contributed by atoms with Gasteiger partial charge in [-0.3, -0.25) is 4.79 Å². The lowest BCUT2D eigenvalue weighted by atomic mass is 9.92. The van der Waals surface area contributed by atoms with Crippen LogP contribution in [0, 0.1) is 0 Å². The molecule has 174 valence electrons. The van der Waals surface area contributed by atoms with Crippen molar-refractivity contribution in [2.45, 2.75) is 18.9 Å². The highest BCUT2D eigenvalue weighted by molar-refractivity contribution is 6.32. The number of benzene rings is 5. The minimum absolute atomic E-state index is 0.322. The monoisotopic (exact) mass is 480 g/mol. The van der Waals surface area contributed by atoms with Gasteiger partial charge < -0.3 is 9.47 Å². The summed E-state index contributed by atoms with van der Waals surface area (Å²) < 4.78 is 11.6. The summed E-state index contributed by atoms with van der Waals surface area (Å²) in [5.74, 6) is -0.261. The van der Waals surface area contributed by atoms with Crippen molar-refractivity contribution < 1.29 is 14.3 Å². The Morgan fingerprint density at radius 1 is 0.743 bits per heavy atom. The van der Waals surface area contributed by atoms with Gasteiger partial charge in [-0.25, -0.2) is 0 Å². The zero-order valence-electron chi connectivity index (χ0n) is 19.6. The molecule has 0 amide bonds. The van der Waals surface area contributed by atoms with Crippen LogP contribution in [0.4, 0.5) is 0 Å². The minimum atomic E-state index is -0.573. The first kappa shape index (κ1) is 22.9. The van der Waals surface area contributed by atoms with Crippen LogP contribution in [0.15, 0.2) is 103 Å². The molecular formula is C31H25ClO3. The highest BCUT2D eigenvalue weighted by Crippen LogP contribution is 2.37. The predicted molar refractivity (Wildman–Crippen MR) is 142 cm³/mol. The average molecular weight is 481 g/mol. The number of ether oxygens (including phenoxy) is 2. The summed E-state index contributed by atoms with van der Waals surface area (Å²) in [5, 5.41) is 4.77. The first-order valence-corrected chi connectivity index (χ1v) is 11.9. The van der Waals surface area contributed by atoms with Crippen molar-refractivity contribution in [1.82, 2.24) is 0 Å². The van der Waals surface area contributed by atoms with Gasteiger partial charge in [-0.15, -0.1) is 0 Å². The van der Waals surface area contributed by atoms with Gasteiger partial charge >= 0.3 is 5.97 Å². The zero-order valence-corrected chi connectivity index (χ0v) is 20.3. The minimum Gasteiger partial charge on any atom is -0.495 e. The molecule has 35 heavy (non-hydrogen) atoms. The Balaban J connectivity index is 1.60. The van der Waals surface area contributed by atoms with E-state index in [-0.39, 0.29) is 5.97 Å². The second-order valence-electron chi connectivity index (χ2n) is 8.57. The van der Waals surface area contributed by atoms with Gasteiger partial charge in [0.05, 0.1) is 18.1 Å². The largest absolute Gasteiger partial charge is 0.495 e. The third-order valence-corrected chi connectivity index (χ3v) is 6.77. The normalized spacial score (nSPS) is 12.1. The molecule has 0 spiro atoms. The number of carbonyl (C=O) groups excluding carboxylic acids is 1. The van der Waals surface area contributed by atoms with E-state index < -0.39 is 12.0 Å². The average Bonchev–Trinajstić information content (AvgIpc) is 2.90. The van der Waals surface area contributed by atoms with Gasteiger partial charge in [-0.05, 0) is 46.2 Å².